The van der Waals surface area contributed by atoms with E-state index in [4.69, 9.17) is 0 Å². The Morgan fingerprint density at radius 1 is 1.27 bits per heavy atom. The summed E-state index contributed by atoms with van der Waals surface area (Å²) in [5, 5.41) is 1.06. The highest BCUT2D eigenvalue weighted by Crippen LogP contribution is 2.25. The summed E-state index contributed by atoms with van der Waals surface area (Å²) >= 11 is 1.61. The summed E-state index contributed by atoms with van der Waals surface area (Å²) in [4.78, 5) is 37.2. The lowest BCUT2D eigenvalue weighted by molar-refractivity contribution is -0.120. The van der Waals surface area contributed by atoms with E-state index in [1.54, 1.807) is 45.7 Å². The molecule has 0 N–H and O–H groups in total. The van der Waals surface area contributed by atoms with Crippen LogP contribution in [0, 0.1) is 0 Å². The maximum Gasteiger partial charge on any atom is 0.254 e. The monoisotopic (exact) mass is 366 g/mol. The first-order chi connectivity index (χ1) is 12.7. The van der Waals surface area contributed by atoms with Crippen LogP contribution in [0.3, 0.4) is 0 Å². The van der Waals surface area contributed by atoms with Crippen molar-refractivity contribution in [2.75, 3.05) is 24.5 Å². The van der Waals surface area contributed by atoms with E-state index in [2.05, 4.69) is 16.9 Å². The molecule has 1 fully saturated rings. The molecule has 0 spiro atoms. The molecule has 3 aromatic rings. The van der Waals surface area contributed by atoms with Gasteiger partial charge in [0.05, 0.1) is 27.1 Å². The van der Waals surface area contributed by atoms with Crippen molar-refractivity contribution in [1.82, 2.24) is 14.9 Å². The molecule has 0 bridgehead atoms. The lowest BCUT2D eigenvalue weighted by Gasteiger charge is -2.34. The third-order valence-electron chi connectivity index (χ3n) is 4.45. The Balaban J connectivity index is 1.51. The molecule has 1 aliphatic heterocycles. The van der Waals surface area contributed by atoms with Gasteiger partial charge in [-0.3, -0.25) is 14.6 Å². The SMILES string of the molecule is CCc1nc2ccc(C(=O)N3CCN(c4cccnc4)C(=O)C3)cc2s1. The number of nitrogens with zero attached hydrogens (tertiary/aromatic N) is 4. The van der Waals surface area contributed by atoms with E-state index >= 15 is 0 Å². The fourth-order valence-electron chi connectivity index (χ4n) is 3.07. The maximum absolute atomic E-state index is 12.8. The molecule has 0 saturated carbocycles. The van der Waals surface area contributed by atoms with Gasteiger partial charge in [0.15, 0.2) is 0 Å². The standard InChI is InChI=1S/C19H18N4O2S/c1-2-17-21-15-6-5-13(10-16(15)26-17)19(25)22-8-9-23(18(24)12-22)14-4-3-7-20-11-14/h3-7,10-11H,2,8-9,12H2,1H3. The first-order valence-electron chi connectivity index (χ1n) is 8.55. The van der Waals surface area contributed by atoms with Crippen molar-refractivity contribution in [3.05, 3.63) is 53.3 Å². The second-order valence-corrected chi connectivity index (χ2v) is 7.24. The number of carbonyl (C=O) groups is 2. The number of anilines is 1. The molecule has 1 aliphatic rings. The van der Waals surface area contributed by atoms with Crippen LogP contribution in [-0.2, 0) is 11.2 Å². The molecule has 6 nitrogen and oxygen atoms in total. The predicted octanol–water partition coefficient (Wildman–Crippen LogP) is 2.74. The molecular formula is C19H18N4O2S. The number of hydrogen-bond acceptors (Lipinski definition) is 5. The molecule has 7 heteroatoms. The number of aryl methyl sites for hydroxylation is 1. The molecule has 3 heterocycles. The van der Waals surface area contributed by atoms with Gasteiger partial charge in [-0.2, -0.15) is 0 Å². The fourth-order valence-corrected chi connectivity index (χ4v) is 4.02. The number of aromatic nitrogens is 2. The van der Waals surface area contributed by atoms with Gasteiger partial charge in [0, 0.05) is 24.8 Å². The predicted molar refractivity (Wildman–Crippen MR) is 101 cm³/mol. The topological polar surface area (TPSA) is 66.4 Å². The Hall–Kier alpha value is -2.80. The van der Waals surface area contributed by atoms with E-state index in [-0.39, 0.29) is 18.4 Å². The number of benzene rings is 1. The molecule has 132 valence electrons. The van der Waals surface area contributed by atoms with Crippen LogP contribution in [0.25, 0.3) is 10.2 Å². The van der Waals surface area contributed by atoms with Crippen molar-refractivity contribution in [2.24, 2.45) is 0 Å². The van der Waals surface area contributed by atoms with Crippen molar-refractivity contribution >= 4 is 39.1 Å². The molecule has 0 aliphatic carbocycles. The van der Waals surface area contributed by atoms with Gasteiger partial charge in [-0.15, -0.1) is 11.3 Å². The highest BCUT2D eigenvalue weighted by Gasteiger charge is 2.28. The minimum atomic E-state index is -0.113. The van der Waals surface area contributed by atoms with Crippen LogP contribution in [-0.4, -0.2) is 46.3 Å². The number of amides is 2. The average molecular weight is 366 g/mol. The van der Waals surface area contributed by atoms with Gasteiger partial charge < -0.3 is 9.80 Å². The van der Waals surface area contributed by atoms with Crippen LogP contribution in [0.1, 0.15) is 22.3 Å². The van der Waals surface area contributed by atoms with Crippen LogP contribution >= 0.6 is 11.3 Å². The van der Waals surface area contributed by atoms with Gasteiger partial charge in [-0.25, -0.2) is 4.98 Å². The second-order valence-electron chi connectivity index (χ2n) is 6.13. The molecule has 4 rings (SSSR count). The molecule has 0 atom stereocenters. The lowest BCUT2D eigenvalue weighted by atomic mass is 10.1. The highest BCUT2D eigenvalue weighted by atomic mass is 32.1. The minimum Gasteiger partial charge on any atom is -0.328 e. The van der Waals surface area contributed by atoms with Crippen molar-refractivity contribution in [1.29, 1.82) is 0 Å². The number of thiazole rings is 1. The van der Waals surface area contributed by atoms with E-state index in [0.717, 1.165) is 27.3 Å². The van der Waals surface area contributed by atoms with E-state index < -0.39 is 0 Å². The summed E-state index contributed by atoms with van der Waals surface area (Å²) in [6.45, 7) is 3.12. The van der Waals surface area contributed by atoms with Crippen LogP contribution in [0.15, 0.2) is 42.7 Å². The number of rotatable bonds is 3. The molecule has 0 unspecified atom stereocenters. The van der Waals surface area contributed by atoms with Crippen molar-refractivity contribution in [2.45, 2.75) is 13.3 Å². The van der Waals surface area contributed by atoms with Crippen molar-refractivity contribution < 1.29 is 9.59 Å². The number of fused-ring (bicyclic) bond motifs is 1. The Morgan fingerprint density at radius 3 is 2.88 bits per heavy atom. The van der Waals surface area contributed by atoms with Gasteiger partial charge in [0.1, 0.15) is 6.54 Å². The summed E-state index contributed by atoms with van der Waals surface area (Å²) in [7, 11) is 0. The zero-order chi connectivity index (χ0) is 18.1. The first-order valence-corrected chi connectivity index (χ1v) is 9.36. The van der Waals surface area contributed by atoms with Crippen molar-refractivity contribution in [3.8, 4) is 0 Å². The Labute approximate surface area is 155 Å². The van der Waals surface area contributed by atoms with E-state index in [1.807, 2.05) is 18.2 Å². The number of piperazine rings is 1. The smallest absolute Gasteiger partial charge is 0.254 e. The average Bonchev–Trinajstić information content (AvgIpc) is 3.10. The van der Waals surface area contributed by atoms with Gasteiger partial charge in [-0.1, -0.05) is 6.92 Å². The van der Waals surface area contributed by atoms with Crippen LogP contribution in [0.5, 0.6) is 0 Å². The van der Waals surface area contributed by atoms with E-state index in [9.17, 15) is 9.59 Å². The summed E-state index contributed by atoms with van der Waals surface area (Å²) in [6.07, 6.45) is 4.22. The van der Waals surface area contributed by atoms with E-state index in [1.165, 1.54) is 0 Å². The van der Waals surface area contributed by atoms with Gasteiger partial charge >= 0.3 is 0 Å². The fraction of sp³-hybridized carbons (Fsp3) is 0.263. The second kappa shape index (κ2) is 6.84. The third-order valence-corrected chi connectivity index (χ3v) is 5.61. The molecule has 0 radical (unpaired) electrons. The van der Waals surface area contributed by atoms with Gasteiger partial charge in [0.2, 0.25) is 5.91 Å². The van der Waals surface area contributed by atoms with Crippen molar-refractivity contribution in [3.63, 3.8) is 0 Å². The Morgan fingerprint density at radius 2 is 2.15 bits per heavy atom. The summed E-state index contributed by atoms with van der Waals surface area (Å²) in [5.41, 5.74) is 2.29. The number of pyridine rings is 1. The normalized spacial score (nSPS) is 14.9. The quantitative estimate of drug-likeness (QED) is 0.715. The molecular weight excluding hydrogens is 348 g/mol. The molecule has 2 amide bonds. The first kappa shape index (κ1) is 16.7. The van der Waals surface area contributed by atoms with Gasteiger partial charge in [0.25, 0.3) is 5.91 Å². The zero-order valence-electron chi connectivity index (χ0n) is 14.4. The van der Waals surface area contributed by atoms with Crippen LogP contribution < -0.4 is 4.90 Å². The molecule has 26 heavy (non-hydrogen) atoms. The Kier molecular flexibility index (Phi) is 4.38. The molecule has 1 aromatic carbocycles. The Bertz CT molecular complexity index is 970. The molecule has 1 saturated heterocycles. The largest absolute Gasteiger partial charge is 0.328 e. The molecule has 2 aromatic heterocycles. The summed E-state index contributed by atoms with van der Waals surface area (Å²) < 4.78 is 1.01. The zero-order valence-corrected chi connectivity index (χ0v) is 15.2. The third kappa shape index (κ3) is 3.06. The summed E-state index contributed by atoms with van der Waals surface area (Å²) in [5.74, 6) is -0.206. The maximum atomic E-state index is 12.8. The number of carbonyl (C=O) groups excluding carboxylic acids is 2. The number of hydrogen-bond donors (Lipinski definition) is 0. The highest BCUT2D eigenvalue weighted by molar-refractivity contribution is 7.18. The van der Waals surface area contributed by atoms with Crippen LogP contribution in [0.4, 0.5) is 5.69 Å². The minimum absolute atomic E-state index is 0.0780. The van der Waals surface area contributed by atoms with Crippen LogP contribution in [0.2, 0.25) is 0 Å². The lowest BCUT2D eigenvalue weighted by Crippen LogP contribution is -2.52. The van der Waals surface area contributed by atoms with Gasteiger partial charge in [-0.05, 0) is 36.8 Å². The van der Waals surface area contributed by atoms with E-state index in [0.29, 0.717) is 18.7 Å². The summed E-state index contributed by atoms with van der Waals surface area (Å²) in [6, 6.07) is 9.21.